The SMILES string of the molecule is CCN(CC)C(CNCC(=O)c1ccc(S(=O)(=O)N2CCCC2)cc1)c1ccc(Cl)cc1. The lowest BCUT2D eigenvalue weighted by Crippen LogP contribution is -2.37. The highest BCUT2D eigenvalue weighted by atomic mass is 35.5. The quantitative estimate of drug-likeness (QED) is 0.496. The van der Waals surface area contributed by atoms with Gasteiger partial charge in [-0.15, -0.1) is 0 Å². The summed E-state index contributed by atoms with van der Waals surface area (Å²) in [6.45, 7) is 7.96. The Bertz CT molecular complexity index is 984. The van der Waals surface area contributed by atoms with Crippen LogP contribution in [0.3, 0.4) is 0 Å². The molecule has 0 bridgehead atoms. The summed E-state index contributed by atoms with van der Waals surface area (Å²) in [5.74, 6) is -0.0653. The van der Waals surface area contributed by atoms with Gasteiger partial charge in [-0.1, -0.05) is 49.7 Å². The molecule has 3 rings (SSSR count). The second-order valence-corrected chi connectivity index (χ2v) is 10.4. The van der Waals surface area contributed by atoms with Crippen molar-refractivity contribution in [3.8, 4) is 0 Å². The van der Waals surface area contributed by atoms with Crippen molar-refractivity contribution in [2.24, 2.45) is 0 Å². The van der Waals surface area contributed by atoms with Gasteiger partial charge in [-0.25, -0.2) is 8.42 Å². The Kier molecular flexibility index (Phi) is 8.85. The van der Waals surface area contributed by atoms with E-state index in [4.69, 9.17) is 11.6 Å². The lowest BCUT2D eigenvalue weighted by atomic mass is 10.0. The summed E-state index contributed by atoms with van der Waals surface area (Å²) in [7, 11) is -3.47. The first-order valence-corrected chi connectivity index (χ1v) is 13.0. The summed E-state index contributed by atoms with van der Waals surface area (Å²) in [5, 5.41) is 3.98. The van der Waals surface area contributed by atoms with Crippen molar-refractivity contribution < 1.29 is 13.2 Å². The van der Waals surface area contributed by atoms with Gasteiger partial charge in [0.15, 0.2) is 5.78 Å². The van der Waals surface area contributed by atoms with Crippen LogP contribution in [0.2, 0.25) is 5.02 Å². The molecule has 0 amide bonds. The number of halogens is 1. The Morgan fingerprint density at radius 1 is 1.03 bits per heavy atom. The lowest BCUT2D eigenvalue weighted by molar-refractivity contribution is 0.0986. The zero-order chi connectivity index (χ0) is 23.1. The Morgan fingerprint density at radius 3 is 2.19 bits per heavy atom. The summed E-state index contributed by atoms with van der Waals surface area (Å²) < 4.78 is 26.8. The van der Waals surface area contributed by atoms with Crippen molar-refractivity contribution in [1.29, 1.82) is 0 Å². The van der Waals surface area contributed by atoms with Gasteiger partial charge in [-0.05, 0) is 55.8 Å². The third kappa shape index (κ3) is 5.97. The normalized spacial score (nSPS) is 15.9. The molecule has 2 aromatic carbocycles. The number of carbonyl (C=O) groups is 1. The fourth-order valence-corrected chi connectivity index (χ4v) is 5.76. The second-order valence-electron chi connectivity index (χ2n) is 7.98. The smallest absolute Gasteiger partial charge is 0.243 e. The first-order valence-electron chi connectivity index (χ1n) is 11.2. The molecule has 1 aliphatic heterocycles. The zero-order valence-corrected chi connectivity index (χ0v) is 20.3. The van der Waals surface area contributed by atoms with Crippen LogP contribution in [0, 0.1) is 0 Å². The number of nitrogens with one attached hydrogen (secondary N) is 1. The van der Waals surface area contributed by atoms with Gasteiger partial charge in [0.05, 0.1) is 11.4 Å². The van der Waals surface area contributed by atoms with E-state index in [-0.39, 0.29) is 23.3 Å². The lowest BCUT2D eigenvalue weighted by Gasteiger charge is -2.30. The Balaban J connectivity index is 1.61. The minimum absolute atomic E-state index is 0.0653. The molecule has 0 spiro atoms. The van der Waals surface area contributed by atoms with Gasteiger partial charge >= 0.3 is 0 Å². The summed E-state index contributed by atoms with van der Waals surface area (Å²) in [4.78, 5) is 15.3. The predicted molar refractivity (Wildman–Crippen MR) is 129 cm³/mol. The van der Waals surface area contributed by atoms with Crippen molar-refractivity contribution in [3.05, 3.63) is 64.7 Å². The molecule has 0 saturated carbocycles. The molecule has 1 N–H and O–H groups in total. The largest absolute Gasteiger partial charge is 0.308 e. The average Bonchev–Trinajstić information content (AvgIpc) is 3.35. The topological polar surface area (TPSA) is 69.7 Å². The number of hydrogen-bond donors (Lipinski definition) is 1. The van der Waals surface area contributed by atoms with Crippen molar-refractivity contribution in [2.45, 2.75) is 37.6 Å². The molecule has 0 aromatic heterocycles. The maximum absolute atomic E-state index is 12.7. The number of nitrogens with zero attached hydrogens (tertiary/aromatic N) is 2. The maximum Gasteiger partial charge on any atom is 0.243 e. The maximum atomic E-state index is 12.7. The number of sulfonamides is 1. The van der Waals surface area contributed by atoms with E-state index in [9.17, 15) is 13.2 Å². The van der Waals surface area contributed by atoms with E-state index in [1.807, 2.05) is 24.3 Å². The molecule has 6 nitrogen and oxygen atoms in total. The van der Waals surface area contributed by atoms with E-state index in [1.165, 1.54) is 16.4 Å². The van der Waals surface area contributed by atoms with E-state index in [0.29, 0.717) is 30.2 Å². The van der Waals surface area contributed by atoms with E-state index in [1.54, 1.807) is 12.1 Å². The second kappa shape index (κ2) is 11.4. The highest BCUT2D eigenvalue weighted by molar-refractivity contribution is 7.89. The Morgan fingerprint density at radius 2 is 1.62 bits per heavy atom. The Labute approximate surface area is 196 Å². The van der Waals surface area contributed by atoms with Gasteiger partial charge in [-0.3, -0.25) is 9.69 Å². The summed E-state index contributed by atoms with van der Waals surface area (Å²) in [6.07, 6.45) is 1.79. The van der Waals surface area contributed by atoms with Crippen LogP contribution >= 0.6 is 11.6 Å². The van der Waals surface area contributed by atoms with Crippen LogP contribution in [-0.2, 0) is 10.0 Å². The minimum Gasteiger partial charge on any atom is -0.308 e. The fraction of sp³-hybridized carbons (Fsp3) is 0.458. The van der Waals surface area contributed by atoms with Crippen LogP contribution < -0.4 is 5.32 Å². The standard InChI is InChI=1S/C24H32ClN3O3S/c1-3-27(4-2)23(19-7-11-21(25)12-8-19)17-26-18-24(29)20-9-13-22(14-10-20)32(30,31)28-15-5-6-16-28/h7-14,23,26H,3-6,15-18H2,1-2H3. The molecule has 8 heteroatoms. The fourth-order valence-electron chi connectivity index (χ4n) is 4.12. The molecule has 1 saturated heterocycles. The zero-order valence-electron chi connectivity index (χ0n) is 18.8. The number of ketones is 1. The van der Waals surface area contributed by atoms with E-state index in [2.05, 4.69) is 24.1 Å². The third-order valence-corrected chi connectivity index (χ3v) is 8.18. The molecular weight excluding hydrogens is 446 g/mol. The van der Waals surface area contributed by atoms with Crippen molar-refractivity contribution in [2.75, 3.05) is 39.3 Å². The highest BCUT2D eigenvalue weighted by Gasteiger charge is 2.27. The highest BCUT2D eigenvalue weighted by Crippen LogP contribution is 2.23. The van der Waals surface area contributed by atoms with Crippen LogP contribution in [0.1, 0.15) is 48.7 Å². The van der Waals surface area contributed by atoms with Gasteiger partial charge in [0.2, 0.25) is 10.0 Å². The summed E-state index contributed by atoms with van der Waals surface area (Å²) in [5.41, 5.74) is 1.65. The summed E-state index contributed by atoms with van der Waals surface area (Å²) >= 11 is 6.04. The predicted octanol–water partition coefficient (Wildman–Crippen LogP) is 3.98. The van der Waals surface area contributed by atoms with Crippen molar-refractivity contribution in [1.82, 2.24) is 14.5 Å². The number of hydrogen-bond acceptors (Lipinski definition) is 5. The van der Waals surface area contributed by atoms with Crippen LogP contribution in [-0.4, -0.2) is 62.7 Å². The van der Waals surface area contributed by atoms with E-state index >= 15 is 0 Å². The molecule has 1 unspecified atom stereocenters. The minimum atomic E-state index is -3.47. The molecule has 1 aliphatic rings. The van der Waals surface area contributed by atoms with Crippen molar-refractivity contribution in [3.63, 3.8) is 0 Å². The van der Waals surface area contributed by atoms with Crippen molar-refractivity contribution >= 4 is 27.4 Å². The average molecular weight is 478 g/mol. The molecule has 1 atom stereocenters. The molecule has 0 radical (unpaired) electrons. The number of carbonyl (C=O) groups excluding carboxylic acids is 1. The van der Waals surface area contributed by atoms with E-state index < -0.39 is 10.0 Å². The third-order valence-electron chi connectivity index (χ3n) is 6.01. The van der Waals surface area contributed by atoms with Gasteiger partial charge in [-0.2, -0.15) is 4.31 Å². The number of rotatable bonds is 11. The number of Topliss-reactive ketones (excluding diaryl/α,β-unsaturated/α-hetero) is 1. The number of likely N-dealkylation sites (N-methyl/N-ethyl adjacent to an activating group) is 1. The van der Waals surface area contributed by atoms with E-state index in [0.717, 1.165) is 31.5 Å². The first-order chi connectivity index (χ1) is 15.4. The Hall–Kier alpha value is -1.77. The molecule has 32 heavy (non-hydrogen) atoms. The monoisotopic (exact) mass is 477 g/mol. The first kappa shape index (κ1) is 24.9. The van der Waals surface area contributed by atoms with Crippen LogP contribution in [0.5, 0.6) is 0 Å². The van der Waals surface area contributed by atoms with Crippen LogP contribution in [0.25, 0.3) is 0 Å². The molecule has 174 valence electrons. The van der Waals surface area contributed by atoms with Gasteiger partial charge in [0.25, 0.3) is 0 Å². The van der Waals surface area contributed by atoms with Gasteiger partial charge in [0.1, 0.15) is 0 Å². The molecule has 0 aliphatic carbocycles. The van der Waals surface area contributed by atoms with Crippen LogP contribution in [0.4, 0.5) is 0 Å². The summed E-state index contributed by atoms with van der Waals surface area (Å²) in [6, 6.07) is 14.2. The molecular formula is C24H32ClN3O3S. The van der Waals surface area contributed by atoms with Gasteiger partial charge < -0.3 is 5.32 Å². The van der Waals surface area contributed by atoms with Crippen LogP contribution in [0.15, 0.2) is 53.4 Å². The van der Waals surface area contributed by atoms with Gasteiger partial charge in [0, 0.05) is 36.3 Å². The molecule has 1 heterocycles. The molecule has 2 aromatic rings. The number of benzene rings is 2. The molecule has 1 fully saturated rings.